The number of hydrogen-bond donors (Lipinski definition) is 3. The number of aliphatic hydroxyl groups excluding tert-OH is 1. The van der Waals surface area contributed by atoms with Gasteiger partial charge in [-0.15, -0.1) is 0 Å². The smallest absolute Gasteiger partial charge is 0.326 e. The van der Waals surface area contributed by atoms with Crippen molar-refractivity contribution in [2.24, 2.45) is 5.92 Å². The molecule has 1 fully saturated rings. The minimum atomic E-state index is -0.702. The zero-order chi connectivity index (χ0) is 25.8. The van der Waals surface area contributed by atoms with E-state index in [0.29, 0.717) is 29.0 Å². The third-order valence-electron chi connectivity index (χ3n) is 7.43. The number of carboxylic acid groups (broad SMARTS) is 1. The van der Waals surface area contributed by atoms with Crippen molar-refractivity contribution in [2.45, 2.75) is 44.1 Å². The zero-order valence-electron chi connectivity index (χ0n) is 20.7. The second-order valence-electron chi connectivity index (χ2n) is 9.95. The number of anilines is 2. The van der Waals surface area contributed by atoms with E-state index in [2.05, 4.69) is 29.6 Å². The summed E-state index contributed by atoms with van der Waals surface area (Å²) in [5.74, 6) is 0.618. The molecule has 0 saturated heterocycles. The number of rotatable bonds is 6. The minimum absolute atomic E-state index is 0.192. The number of carboxylic acids is 1. The van der Waals surface area contributed by atoms with Crippen LogP contribution in [0.1, 0.15) is 43.6 Å². The molecule has 1 atom stereocenters. The van der Waals surface area contributed by atoms with Gasteiger partial charge in [0.1, 0.15) is 11.9 Å². The maximum Gasteiger partial charge on any atom is 0.326 e. The van der Waals surface area contributed by atoms with Crippen molar-refractivity contribution in [1.82, 2.24) is 0 Å². The molecular formula is C30H32N2O5. The van der Waals surface area contributed by atoms with E-state index >= 15 is 0 Å². The molecule has 7 nitrogen and oxygen atoms in total. The molecule has 37 heavy (non-hydrogen) atoms. The quantitative estimate of drug-likeness (QED) is 0.392. The Hall–Kier alpha value is -3.84. The number of nitrogens with zero attached hydrogens (tertiary/aromatic N) is 1. The van der Waals surface area contributed by atoms with Crippen LogP contribution in [0.3, 0.4) is 0 Å². The van der Waals surface area contributed by atoms with Gasteiger partial charge in [0.25, 0.3) is 0 Å². The maximum absolute atomic E-state index is 13.1. The van der Waals surface area contributed by atoms with Gasteiger partial charge in [0, 0.05) is 12.1 Å². The lowest BCUT2D eigenvalue weighted by molar-refractivity contribution is -0.138. The first-order chi connectivity index (χ1) is 18.0. The molecule has 0 aromatic heterocycles. The molecule has 0 spiro atoms. The second-order valence-corrected chi connectivity index (χ2v) is 9.95. The molecule has 5 rings (SSSR count). The van der Waals surface area contributed by atoms with Crippen LogP contribution in [0.2, 0.25) is 0 Å². The Bertz CT molecular complexity index is 1240. The molecule has 0 radical (unpaired) electrons. The van der Waals surface area contributed by atoms with Gasteiger partial charge in [-0.25, -0.2) is 4.79 Å². The number of nitrogens with one attached hydrogen (secondary N) is 1. The molecule has 7 heteroatoms. The van der Waals surface area contributed by atoms with Crippen molar-refractivity contribution in [3.05, 3.63) is 78.4 Å². The van der Waals surface area contributed by atoms with Crippen molar-refractivity contribution in [3.8, 4) is 16.9 Å². The Morgan fingerprint density at radius 2 is 1.62 bits per heavy atom. The van der Waals surface area contributed by atoms with Gasteiger partial charge in [0.15, 0.2) is 0 Å². The number of hydrogen-bond acceptors (Lipinski definition) is 4. The van der Waals surface area contributed by atoms with E-state index in [1.165, 1.54) is 5.56 Å². The average Bonchev–Trinajstić information content (AvgIpc) is 2.93. The summed E-state index contributed by atoms with van der Waals surface area (Å²) in [6.45, 7) is 0.0626. The van der Waals surface area contributed by atoms with Gasteiger partial charge in [-0.3, -0.25) is 9.69 Å². The average molecular weight is 501 g/mol. The lowest BCUT2D eigenvalue weighted by atomic mass is 9.77. The van der Waals surface area contributed by atoms with Gasteiger partial charge in [0.2, 0.25) is 0 Å². The van der Waals surface area contributed by atoms with Gasteiger partial charge >= 0.3 is 12.0 Å². The molecule has 3 N–H and O–H groups in total. The van der Waals surface area contributed by atoms with E-state index in [0.717, 1.165) is 36.8 Å². The topological polar surface area (TPSA) is 99.1 Å². The van der Waals surface area contributed by atoms with Crippen molar-refractivity contribution >= 4 is 23.4 Å². The zero-order valence-corrected chi connectivity index (χ0v) is 20.7. The summed E-state index contributed by atoms with van der Waals surface area (Å²) < 4.78 is 6.02. The number of carbonyl (C=O) groups is 2. The number of ether oxygens (including phenoxy) is 1. The molecule has 0 bridgehead atoms. The standard InChI is InChI=1S/C30H32N2O5/c33-19-26-18-32(30(36)31-25-4-2-1-3-5-25)27-15-14-24(17-28(27)37-26)23-12-10-22(11-13-23)21-8-6-20(7-9-21)16-29(34)35/h1-5,10-15,17,20-21,26,33H,6-9,16,18-19H2,(H,31,36)(H,34,35). The van der Waals surface area contributed by atoms with Crippen molar-refractivity contribution in [3.63, 3.8) is 0 Å². The molecule has 2 aliphatic rings. The summed E-state index contributed by atoms with van der Waals surface area (Å²) in [5, 5.41) is 21.8. The first kappa shape index (κ1) is 24.8. The first-order valence-electron chi connectivity index (χ1n) is 12.9. The van der Waals surface area contributed by atoms with E-state index in [1.807, 2.05) is 48.5 Å². The van der Waals surface area contributed by atoms with E-state index < -0.39 is 12.1 Å². The predicted molar refractivity (Wildman–Crippen MR) is 143 cm³/mol. The number of fused-ring (bicyclic) bond motifs is 1. The number of carbonyl (C=O) groups excluding carboxylic acids is 1. The summed E-state index contributed by atoms with van der Waals surface area (Å²) in [5.41, 5.74) is 4.67. The highest BCUT2D eigenvalue weighted by Gasteiger charge is 2.30. The maximum atomic E-state index is 13.1. The first-order valence-corrected chi connectivity index (χ1v) is 12.9. The van der Waals surface area contributed by atoms with Gasteiger partial charge in [-0.1, -0.05) is 48.5 Å². The highest BCUT2D eigenvalue weighted by molar-refractivity contribution is 6.03. The van der Waals surface area contributed by atoms with Gasteiger partial charge in [-0.2, -0.15) is 0 Å². The minimum Gasteiger partial charge on any atom is -0.484 e. The lowest BCUT2D eigenvalue weighted by Gasteiger charge is -2.34. The third-order valence-corrected chi connectivity index (χ3v) is 7.43. The Morgan fingerprint density at radius 1 is 0.919 bits per heavy atom. The van der Waals surface area contributed by atoms with Crippen LogP contribution >= 0.6 is 0 Å². The van der Waals surface area contributed by atoms with Gasteiger partial charge in [-0.05, 0) is 78.5 Å². The Balaban J connectivity index is 1.31. The van der Waals surface area contributed by atoms with Crippen molar-refractivity contribution < 1.29 is 24.5 Å². The Morgan fingerprint density at radius 3 is 2.30 bits per heavy atom. The lowest BCUT2D eigenvalue weighted by Crippen LogP contribution is -2.46. The van der Waals surface area contributed by atoms with E-state index in [-0.39, 0.29) is 25.6 Å². The summed E-state index contributed by atoms with van der Waals surface area (Å²) in [6, 6.07) is 23.3. The van der Waals surface area contributed by atoms with Gasteiger partial charge in [0.05, 0.1) is 18.8 Å². The molecule has 1 unspecified atom stereocenters. The number of aliphatic hydroxyl groups is 1. The predicted octanol–water partition coefficient (Wildman–Crippen LogP) is 5.89. The highest BCUT2D eigenvalue weighted by Crippen LogP contribution is 2.40. The van der Waals surface area contributed by atoms with Crippen LogP contribution in [-0.4, -0.2) is 41.5 Å². The van der Waals surface area contributed by atoms with Crippen molar-refractivity contribution in [1.29, 1.82) is 0 Å². The fourth-order valence-corrected chi connectivity index (χ4v) is 5.42. The van der Waals surface area contributed by atoms with Crippen LogP contribution in [-0.2, 0) is 4.79 Å². The SMILES string of the molecule is O=C(O)CC1CCC(c2ccc(-c3ccc4c(c3)OC(CO)CN4C(=O)Nc3ccccc3)cc2)CC1. The fourth-order valence-electron chi connectivity index (χ4n) is 5.42. The molecule has 192 valence electrons. The molecule has 1 heterocycles. The van der Waals surface area contributed by atoms with Crippen molar-refractivity contribution in [2.75, 3.05) is 23.4 Å². The second kappa shape index (κ2) is 11.0. The van der Waals surface area contributed by atoms with Crippen LogP contribution in [0.5, 0.6) is 5.75 Å². The van der Waals surface area contributed by atoms with Crippen LogP contribution in [0.4, 0.5) is 16.2 Å². The third kappa shape index (κ3) is 5.78. The molecule has 3 aromatic carbocycles. The number of para-hydroxylation sites is 1. The molecule has 3 aromatic rings. The monoisotopic (exact) mass is 500 g/mol. The summed E-state index contributed by atoms with van der Waals surface area (Å²) in [6.07, 6.45) is 3.72. The largest absolute Gasteiger partial charge is 0.484 e. The molecule has 2 amide bonds. The molecule has 1 aliphatic heterocycles. The normalized spacial score (nSPS) is 21.0. The number of urea groups is 1. The van der Waals surface area contributed by atoms with E-state index in [4.69, 9.17) is 9.84 Å². The molecule has 1 saturated carbocycles. The number of benzene rings is 3. The summed E-state index contributed by atoms with van der Waals surface area (Å²) >= 11 is 0. The summed E-state index contributed by atoms with van der Waals surface area (Å²) in [7, 11) is 0. The highest BCUT2D eigenvalue weighted by atomic mass is 16.5. The number of aliphatic carboxylic acids is 1. The van der Waals surface area contributed by atoms with Gasteiger partial charge < -0.3 is 20.3 Å². The summed E-state index contributed by atoms with van der Waals surface area (Å²) in [4.78, 5) is 25.7. The van der Waals surface area contributed by atoms with Crippen LogP contribution in [0.25, 0.3) is 11.1 Å². The van der Waals surface area contributed by atoms with E-state index in [1.54, 1.807) is 4.90 Å². The fraction of sp³-hybridized carbons (Fsp3) is 0.333. The number of amides is 2. The van der Waals surface area contributed by atoms with Crippen LogP contribution in [0.15, 0.2) is 72.8 Å². The van der Waals surface area contributed by atoms with Crippen LogP contribution < -0.4 is 15.0 Å². The molecular weight excluding hydrogens is 468 g/mol. The Labute approximate surface area is 216 Å². The van der Waals surface area contributed by atoms with Crippen LogP contribution in [0, 0.1) is 5.92 Å². The molecule has 1 aliphatic carbocycles. The van der Waals surface area contributed by atoms with E-state index in [9.17, 15) is 14.7 Å². The Kier molecular flexibility index (Phi) is 7.42.